The summed E-state index contributed by atoms with van der Waals surface area (Å²) in [5.41, 5.74) is 0.438. The normalized spacial score (nSPS) is 9.32. The Morgan fingerprint density at radius 2 is 2.00 bits per heavy atom. The molecule has 96 valence electrons. The van der Waals surface area contributed by atoms with Crippen molar-refractivity contribution in [2.24, 2.45) is 0 Å². The summed E-state index contributed by atoms with van der Waals surface area (Å²) in [5.74, 6) is 11.4. The third-order valence-electron chi connectivity index (χ3n) is 2.31. The first-order chi connectivity index (χ1) is 9.25. The van der Waals surface area contributed by atoms with Crippen molar-refractivity contribution >= 4 is 5.69 Å². The SMILES string of the molecule is CCCCC#C/C=C\C#Cc1ccccc1[N+](=O)[O-]. The number of hydrogen-bond acceptors (Lipinski definition) is 2. The summed E-state index contributed by atoms with van der Waals surface area (Å²) >= 11 is 0. The number of rotatable bonds is 3. The van der Waals surface area contributed by atoms with E-state index in [-0.39, 0.29) is 5.69 Å². The van der Waals surface area contributed by atoms with Crippen LogP contribution in [0.5, 0.6) is 0 Å². The van der Waals surface area contributed by atoms with Crippen molar-refractivity contribution in [3.63, 3.8) is 0 Å². The molecule has 0 aromatic heterocycles. The minimum atomic E-state index is -0.432. The molecule has 19 heavy (non-hydrogen) atoms. The minimum absolute atomic E-state index is 0.0254. The Bertz CT molecular complexity index is 580. The third kappa shape index (κ3) is 5.57. The molecule has 0 aliphatic heterocycles. The fraction of sp³-hybridized carbons (Fsp3) is 0.250. The summed E-state index contributed by atoms with van der Waals surface area (Å²) in [5, 5.41) is 10.8. The molecule has 0 bridgehead atoms. The maximum Gasteiger partial charge on any atom is 0.284 e. The van der Waals surface area contributed by atoms with Crippen LogP contribution in [0.2, 0.25) is 0 Å². The van der Waals surface area contributed by atoms with Crippen LogP contribution in [0.3, 0.4) is 0 Å². The molecule has 0 atom stereocenters. The molecule has 0 aliphatic rings. The number of allylic oxidation sites excluding steroid dienone is 2. The highest BCUT2D eigenvalue weighted by Crippen LogP contribution is 2.15. The lowest BCUT2D eigenvalue weighted by atomic mass is 10.2. The van der Waals surface area contributed by atoms with E-state index in [4.69, 9.17) is 0 Å². The molecule has 0 aliphatic carbocycles. The van der Waals surface area contributed by atoms with Crippen LogP contribution < -0.4 is 0 Å². The predicted octanol–water partition coefficient (Wildman–Crippen LogP) is 3.70. The van der Waals surface area contributed by atoms with Gasteiger partial charge in [0.25, 0.3) is 5.69 Å². The molecular formula is C16H15NO2. The Balaban J connectivity index is 2.65. The molecular weight excluding hydrogens is 238 g/mol. The van der Waals surface area contributed by atoms with E-state index in [2.05, 4.69) is 30.6 Å². The fourth-order valence-corrected chi connectivity index (χ4v) is 1.34. The van der Waals surface area contributed by atoms with Crippen molar-refractivity contribution in [3.8, 4) is 23.7 Å². The number of benzene rings is 1. The van der Waals surface area contributed by atoms with Gasteiger partial charge >= 0.3 is 0 Å². The van der Waals surface area contributed by atoms with Gasteiger partial charge in [-0.05, 0) is 24.6 Å². The lowest BCUT2D eigenvalue weighted by Gasteiger charge is -1.92. The summed E-state index contributed by atoms with van der Waals surface area (Å²) in [6, 6.07) is 6.42. The van der Waals surface area contributed by atoms with Crippen LogP contribution in [0.15, 0.2) is 36.4 Å². The number of para-hydroxylation sites is 1. The van der Waals surface area contributed by atoms with Crippen LogP contribution in [-0.2, 0) is 0 Å². The Hall–Kier alpha value is -2.52. The van der Waals surface area contributed by atoms with Gasteiger partial charge in [-0.15, -0.1) is 0 Å². The van der Waals surface area contributed by atoms with Crippen LogP contribution in [0.25, 0.3) is 0 Å². The third-order valence-corrected chi connectivity index (χ3v) is 2.31. The molecule has 1 aromatic carbocycles. The second kappa shape index (κ2) is 8.55. The predicted molar refractivity (Wildman–Crippen MR) is 76.4 cm³/mol. The van der Waals surface area contributed by atoms with E-state index in [0.717, 1.165) is 19.3 Å². The molecule has 3 nitrogen and oxygen atoms in total. The monoisotopic (exact) mass is 253 g/mol. The van der Waals surface area contributed by atoms with Gasteiger partial charge in [-0.1, -0.05) is 49.2 Å². The van der Waals surface area contributed by atoms with Gasteiger partial charge in [0.05, 0.1) is 4.92 Å². The van der Waals surface area contributed by atoms with Gasteiger partial charge in [-0.3, -0.25) is 10.1 Å². The topological polar surface area (TPSA) is 43.1 Å². The molecule has 1 aromatic rings. The zero-order chi connectivity index (χ0) is 13.9. The minimum Gasteiger partial charge on any atom is -0.258 e. The van der Waals surface area contributed by atoms with E-state index in [1.165, 1.54) is 6.07 Å². The van der Waals surface area contributed by atoms with Crippen molar-refractivity contribution in [2.45, 2.75) is 26.2 Å². The van der Waals surface area contributed by atoms with Crippen molar-refractivity contribution in [1.82, 2.24) is 0 Å². The first kappa shape index (κ1) is 14.5. The largest absolute Gasteiger partial charge is 0.284 e. The van der Waals surface area contributed by atoms with E-state index >= 15 is 0 Å². The molecule has 0 spiro atoms. The van der Waals surface area contributed by atoms with Crippen LogP contribution >= 0.6 is 0 Å². The van der Waals surface area contributed by atoms with E-state index in [1.807, 2.05) is 0 Å². The van der Waals surface area contributed by atoms with E-state index in [9.17, 15) is 10.1 Å². The summed E-state index contributed by atoms with van der Waals surface area (Å²) < 4.78 is 0. The summed E-state index contributed by atoms with van der Waals surface area (Å²) in [6.45, 7) is 2.12. The molecule has 0 N–H and O–H groups in total. The number of nitro groups is 1. The number of nitro benzene ring substituents is 1. The Kier molecular flexibility index (Phi) is 6.55. The molecule has 0 radical (unpaired) electrons. The smallest absolute Gasteiger partial charge is 0.258 e. The van der Waals surface area contributed by atoms with Gasteiger partial charge in [0.1, 0.15) is 5.56 Å². The van der Waals surface area contributed by atoms with Gasteiger partial charge in [0, 0.05) is 12.5 Å². The van der Waals surface area contributed by atoms with E-state index in [0.29, 0.717) is 5.56 Å². The second-order valence-electron chi connectivity index (χ2n) is 3.80. The average molecular weight is 253 g/mol. The fourth-order valence-electron chi connectivity index (χ4n) is 1.34. The Labute approximate surface area is 113 Å². The zero-order valence-corrected chi connectivity index (χ0v) is 10.8. The van der Waals surface area contributed by atoms with Crippen molar-refractivity contribution in [2.75, 3.05) is 0 Å². The Morgan fingerprint density at radius 3 is 2.74 bits per heavy atom. The zero-order valence-electron chi connectivity index (χ0n) is 10.8. The van der Waals surface area contributed by atoms with Crippen molar-refractivity contribution in [3.05, 3.63) is 52.1 Å². The number of unbranched alkanes of at least 4 members (excludes halogenated alkanes) is 2. The lowest BCUT2D eigenvalue weighted by molar-refractivity contribution is -0.385. The van der Waals surface area contributed by atoms with Crippen molar-refractivity contribution in [1.29, 1.82) is 0 Å². The van der Waals surface area contributed by atoms with Crippen LogP contribution in [0.1, 0.15) is 31.7 Å². The van der Waals surface area contributed by atoms with E-state index < -0.39 is 4.92 Å². The molecule has 1 rings (SSSR count). The summed E-state index contributed by atoms with van der Waals surface area (Å²) in [4.78, 5) is 10.3. The van der Waals surface area contributed by atoms with Gasteiger partial charge in [0.2, 0.25) is 0 Å². The number of nitrogens with zero attached hydrogens (tertiary/aromatic N) is 1. The standard InChI is InChI=1S/C16H15NO2/c1-2-3-4-5-6-7-8-9-12-15-13-10-11-14-16(15)17(18)19/h7-8,10-11,13-14H,2-4H2,1H3/b8-7-. The lowest BCUT2D eigenvalue weighted by Crippen LogP contribution is -1.90. The molecule has 3 heteroatoms. The highest BCUT2D eigenvalue weighted by molar-refractivity contribution is 5.51. The maximum absolute atomic E-state index is 10.8. The summed E-state index contributed by atoms with van der Waals surface area (Å²) in [7, 11) is 0. The first-order valence-electron chi connectivity index (χ1n) is 6.14. The molecule has 0 heterocycles. The first-order valence-corrected chi connectivity index (χ1v) is 6.14. The molecule has 0 saturated heterocycles. The maximum atomic E-state index is 10.8. The van der Waals surface area contributed by atoms with Crippen LogP contribution in [0.4, 0.5) is 5.69 Å². The van der Waals surface area contributed by atoms with Crippen LogP contribution in [0, 0.1) is 33.8 Å². The van der Waals surface area contributed by atoms with Crippen molar-refractivity contribution < 1.29 is 4.92 Å². The van der Waals surface area contributed by atoms with Crippen LogP contribution in [-0.4, -0.2) is 4.92 Å². The van der Waals surface area contributed by atoms with Gasteiger partial charge < -0.3 is 0 Å². The van der Waals surface area contributed by atoms with E-state index in [1.54, 1.807) is 30.4 Å². The molecule has 0 fully saturated rings. The molecule has 0 amide bonds. The Morgan fingerprint density at radius 1 is 1.26 bits per heavy atom. The average Bonchev–Trinajstić information content (AvgIpc) is 2.42. The van der Waals surface area contributed by atoms with Gasteiger partial charge in [-0.2, -0.15) is 0 Å². The quantitative estimate of drug-likeness (QED) is 0.357. The summed E-state index contributed by atoms with van der Waals surface area (Å²) in [6.07, 6.45) is 6.39. The highest BCUT2D eigenvalue weighted by Gasteiger charge is 2.08. The molecule has 0 unspecified atom stereocenters. The highest BCUT2D eigenvalue weighted by atomic mass is 16.6. The van der Waals surface area contributed by atoms with Gasteiger partial charge in [-0.25, -0.2) is 0 Å². The number of hydrogen-bond donors (Lipinski definition) is 0. The molecule has 0 saturated carbocycles. The second-order valence-corrected chi connectivity index (χ2v) is 3.80. The van der Waals surface area contributed by atoms with Gasteiger partial charge in [0.15, 0.2) is 0 Å².